The lowest BCUT2D eigenvalue weighted by Gasteiger charge is -2.24. The molecule has 1 aliphatic rings. The lowest BCUT2D eigenvalue weighted by atomic mass is 10.0. The maximum atomic E-state index is 15.5. The Morgan fingerprint density at radius 3 is 2.54 bits per heavy atom. The van der Waals surface area contributed by atoms with E-state index in [2.05, 4.69) is 31.2 Å². The van der Waals surface area contributed by atoms with E-state index in [0.29, 0.717) is 37.3 Å². The lowest BCUT2D eigenvalue weighted by molar-refractivity contribution is -0.137. The number of ketones is 1. The first-order valence-corrected chi connectivity index (χ1v) is 15.3. The van der Waals surface area contributed by atoms with Crippen LogP contribution in [0.1, 0.15) is 23.7 Å². The van der Waals surface area contributed by atoms with E-state index in [1.54, 1.807) is 59.3 Å². The maximum Gasteiger partial charge on any atom is 0.321 e. The van der Waals surface area contributed by atoms with Crippen LogP contribution in [0.4, 0.5) is 14.5 Å². The van der Waals surface area contributed by atoms with Crippen LogP contribution in [0.15, 0.2) is 83.7 Å². The molecule has 2 aromatic heterocycles. The number of hydrogen-bond acceptors (Lipinski definition) is 6. The van der Waals surface area contributed by atoms with Crippen LogP contribution in [0.2, 0.25) is 5.02 Å². The number of anilines is 1. The smallest absolute Gasteiger partial charge is 0.321 e. The van der Waals surface area contributed by atoms with Crippen molar-refractivity contribution in [2.75, 3.05) is 11.9 Å². The molecular weight excluding hydrogens is 684 g/mol. The summed E-state index contributed by atoms with van der Waals surface area (Å²) in [5.41, 5.74) is 1.41. The van der Waals surface area contributed by atoms with Gasteiger partial charge in [-0.3, -0.25) is 14.4 Å². The van der Waals surface area contributed by atoms with Crippen molar-refractivity contribution in [2.45, 2.75) is 32.1 Å². The van der Waals surface area contributed by atoms with Crippen LogP contribution < -0.4 is 10.1 Å². The van der Waals surface area contributed by atoms with Crippen molar-refractivity contribution in [3.63, 3.8) is 0 Å². The second-order valence-electron chi connectivity index (χ2n) is 10.7. The molecule has 13 heteroatoms. The molecule has 9 nitrogen and oxygen atoms in total. The number of benzene rings is 3. The third kappa shape index (κ3) is 6.35. The van der Waals surface area contributed by atoms with E-state index in [1.807, 2.05) is 0 Å². The number of alkyl halides is 1. The number of aromatic nitrogens is 3. The number of nitrogens with zero attached hydrogens (tertiary/aromatic N) is 4. The number of nitrogens with one attached hydrogen (secondary N) is 1. The Labute approximate surface area is 275 Å². The number of hydrogen-bond donors (Lipinski definition) is 1. The van der Waals surface area contributed by atoms with Gasteiger partial charge in [-0.1, -0.05) is 41.9 Å². The first-order valence-electron chi connectivity index (χ1n) is 14.2. The highest BCUT2D eigenvalue weighted by atomic mass is 79.9. The maximum absolute atomic E-state index is 15.5. The van der Waals surface area contributed by atoms with Crippen molar-refractivity contribution in [3.8, 4) is 22.9 Å². The first kappa shape index (κ1) is 31.3. The molecule has 2 amide bonds. The van der Waals surface area contributed by atoms with Crippen LogP contribution in [0, 0.1) is 5.82 Å². The fourth-order valence-corrected chi connectivity index (χ4v) is 5.93. The van der Waals surface area contributed by atoms with Gasteiger partial charge < -0.3 is 19.5 Å². The molecule has 3 heterocycles. The average molecular weight is 709 g/mol. The molecule has 2 atom stereocenters. The van der Waals surface area contributed by atoms with Gasteiger partial charge in [0.2, 0.25) is 11.8 Å². The highest BCUT2D eigenvalue weighted by Gasteiger charge is 2.40. The molecule has 0 bridgehead atoms. The largest absolute Gasteiger partial charge is 0.424 e. The summed E-state index contributed by atoms with van der Waals surface area (Å²) in [4.78, 5) is 48.8. The number of ether oxygens (including phenoxy) is 1. The summed E-state index contributed by atoms with van der Waals surface area (Å²) in [6.07, 6.45) is 2.91. The molecule has 5 aromatic rings. The lowest BCUT2D eigenvalue weighted by Crippen LogP contribution is -2.44. The third-order valence-electron chi connectivity index (χ3n) is 7.64. The molecule has 0 spiro atoms. The van der Waals surface area contributed by atoms with Crippen molar-refractivity contribution in [1.29, 1.82) is 0 Å². The average Bonchev–Trinajstić information content (AvgIpc) is 3.60. The molecule has 1 N–H and O–H groups in total. The zero-order chi connectivity index (χ0) is 32.5. The van der Waals surface area contributed by atoms with E-state index in [1.165, 1.54) is 31.5 Å². The Hall–Kier alpha value is -4.68. The molecule has 6 rings (SSSR count). The van der Waals surface area contributed by atoms with Crippen LogP contribution in [0.5, 0.6) is 11.8 Å². The fraction of sp³-hybridized carbons (Fsp3) is 0.182. The number of halogens is 4. The number of likely N-dealkylation sites (tertiary alicyclic amines) is 1. The molecule has 0 radical (unpaired) electrons. The Bertz CT molecular complexity index is 1990. The van der Waals surface area contributed by atoms with E-state index in [4.69, 9.17) is 16.3 Å². The van der Waals surface area contributed by atoms with Gasteiger partial charge in [-0.15, -0.1) is 0 Å². The third-order valence-corrected chi connectivity index (χ3v) is 8.38. The summed E-state index contributed by atoms with van der Waals surface area (Å²) in [6, 6.07) is 15.1. The Kier molecular flexibility index (Phi) is 8.83. The minimum atomic E-state index is -1.45. The molecule has 0 unspecified atom stereocenters. The summed E-state index contributed by atoms with van der Waals surface area (Å²) < 4.78 is 38.2. The number of carbonyl (C=O) groups is 3. The SMILES string of the molecule is CC(=O)c1cn(CC(=O)N2C[C@H](F)C[C@H]2C(=O)Nc2cccc(-c3ccccc3Cl)c2F)c2ccc(Oc3ncc(Br)cn3)cc12. The molecule has 1 aliphatic heterocycles. The predicted molar refractivity (Wildman–Crippen MR) is 172 cm³/mol. The molecule has 234 valence electrons. The molecule has 3 aromatic carbocycles. The van der Waals surface area contributed by atoms with Crippen molar-refractivity contribution in [1.82, 2.24) is 19.4 Å². The monoisotopic (exact) mass is 707 g/mol. The van der Waals surface area contributed by atoms with Crippen molar-refractivity contribution in [3.05, 3.63) is 100 Å². The van der Waals surface area contributed by atoms with Crippen LogP contribution in [0.25, 0.3) is 22.0 Å². The van der Waals surface area contributed by atoms with E-state index < -0.39 is 29.8 Å². The molecular formula is C33H25BrClF2N5O4. The van der Waals surface area contributed by atoms with Gasteiger partial charge >= 0.3 is 6.01 Å². The molecule has 0 saturated carbocycles. The number of rotatable bonds is 8. The second kappa shape index (κ2) is 13.0. The van der Waals surface area contributed by atoms with Gasteiger partial charge in [-0.05, 0) is 53.2 Å². The van der Waals surface area contributed by atoms with E-state index >= 15 is 4.39 Å². The highest BCUT2D eigenvalue weighted by molar-refractivity contribution is 9.10. The molecule has 1 fully saturated rings. The Morgan fingerprint density at radius 1 is 1.07 bits per heavy atom. The molecule has 1 saturated heterocycles. The summed E-state index contributed by atoms with van der Waals surface area (Å²) in [5.74, 6) is -1.83. The summed E-state index contributed by atoms with van der Waals surface area (Å²) in [7, 11) is 0. The minimum absolute atomic E-state index is 0.108. The van der Waals surface area contributed by atoms with Gasteiger partial charge in [0, 0.05) is 57.6 Å². The summed E-state index contributed by atoms with van der Waals surface area (Å²) >= 11 is 9.52. The van der Waals surface area contributed by atoms with E-state index in [9.17, 15) is 18.8 Å². The standard InChI is InChI=1S/C33H25BrClF2N5O4/c1-18(43)25-16-41(28-10-9-21(12-24(25)28)46-33-38-13-19(34)14-39-33)17-30(44)42-15-20(36)11-29(42)32(45)40-27-8-4-6-23(31(27)37)22-5-2-3-7-26(22)35/h2-10,12-14,16,20,29H,11,15,17H2,1H3,(H,40,45)/t20-,29+/m1/s1. The Balaban J connectivity index is 1.22. The van der Waals surface area contributed by atoms with E-state index in [0.717, 1.165) is 4.90 Å². The van der Waals surface area contributed by atoms with Crippen molar-refractivity contribution in [2.24, 2.45) is 0 Å². The normalized spacial score (nSPS) is 16.1. The zero-order valence-corrected chi connectivity index (χ0v) is 26.6. The van der Waals surface area contributed by atoms with Gasteiger partial charge in [-0.25, -0.2) is 18.7 Å². The first-order chi connectivity index (χ1) is 22.1. The molecule has 46 heavy (non-hydrogen) atoms. The molecule has 0 aliphatic carbocycles. The van der Waals surface area contributed by atoms with E-state index in [-0.39, 0.29) is 42.6 Å². The minimum Gasteiger partial charge on any atom is -0.424 e. The fourth-order valence-electron chi connectivity index (χ4n) is 5.49. The summed E-state index contributed by atoms with van der Waals surface area (Å²) in [5, 5.41) is 3.40. The number of amides is 2. The topological polar surface area (TPSA) is 106 Å². The van der Waals surface area contributed by atoms with Crippen molar-refractivity contribution < 1.29 is 27.9 Å². The highest BCUT2D eigenvalue weighted by Crippen LogP contribution is 2.34. The number of carbonyl (C=O) groups excluding carboxylic acids is 3. The summed E-state index contributed by atoms with van der Waals surface area (Å²) in [6.45, 7) is 0.830. The zero-order valence-electron chi connectivity index (χ0n) is 24.2. The van der Waals surface area contributed by atoms with Crippen molar-refractivity contribution >= 4 is 61.7 Å². The van der Waals surface area contributed by atoms with Gasteiger partial charge in [-0.2, -0.15) is 0 Å². The van der Waals surface area contributed by atoms with Crippen LogP contribution in [-0.4, -0.2) is 55.8 Å². The van der Waals surface area contributed by atoms with Crippen LogP contribution in [-0.2, 0) is 16.1 Å². The van der Waals surface area contributed by atoms with Crippen LogP contribution in [0.3, 0.4) is 0 Å². The number of fused-ring (bicyclic) bond motifs is 1. The van der Waals surface area contributed by atoms with Gasteiger partial charge in [0.15, 0.2) is 11.6 Å². The quantitative estimate of drug-likeness (QED) is 0.171. The predicted octanol–water partition coefficient (Wildman–Crippen LogP) is 7.23. The number of Topliss-reactive ketones (excluding diaryl/α,β-unsaturated/α-hetero) is 1. The van der Waals surface area contributed by atoms with Crippen LogP contribution >= 0.6 is 27.5 Å². The van der Waals surface area contributed by atoms with Gasteiger partial charge in [0.1, 0.15) is 24.5 Å². The van der Waals surface area contributed by atoms with Gasteiger partial charge in [0.25, 0.3) is 0 Å². The second-order valence-corrected chi connectivity index (χ2v) is 12.0. The van der Waals surface area contributed by atoms with Gasteiger partial charge in [0.05, 0.1) is 16.7 Å². The Morgan fingerprint density at radius 2 is 1.80 bits per heavy atom.